The smallest absolute Gasteiger partial charge is 0.180 e. The van der Waals surface area contributed by atoms with E-state index in [4.69, 9.17) is 14.4 Å². The van der Waals surface area contributed by atoms with Crippen LogP contribution >= 0.6 is 0 Å². The molecule has 0 saturated carbocycles. The first-order valence-corrected chi connectivity index (χ1v) is 17.3. The molecule has 0 radical (unpaired) electrons. The van der Waals surface area contributed by atoms with Crippen molar-refractivity contribution in [3.63, 3.8) is 0 Å². The zero-order chi connectivity index (χ0) is 33.9. The third-order valence-corrected chi connectivity index (χ3v) is 9.86. The van der Waals surface area contributed by atoms with Crippen LogP contribution in [-0.4, -0.2) is 14.5 Å². The van der Waals surface area contributed by atoms with E-state index in [-0.39, 0.29) is 0 Å². The lowest BCUT2D eigenvalue weighted by molar-refractivity contribution is 0.667. The number of hydrogen-bond donors (Lipinski definition) is 0. The molecule has 0 bridgehead atoms. The van der Waals surface area contributed by atoms with Gasteiger partial charge in [-0.15, -0.1) is 0 Å². The van der Waals surface area contributed by atoms with Crippen molar-refractivity contribution in [3.05, 3.63) is 175 Å². The third-order valence-electron chi connectivity index (χ3n) is 9.86. The molecule has 10 aromatic rings. The van der Waals surface area contributed by atoms with Gasteiger partial charge in [0, 0.05) is 38.4 Å². The van der Waals surface area contributed by atoms with E-state index in [1.165, 1.54) is 16.3 Å². The first-order valence-electron chi connectivity index (χ1n) is 17.3. The lowest BCUT2D eigenvalue weighted by Crippen LogP contribution is -2.02. The van der Waals surface area contributed by atoms with E-state index < -0.39 is 0 Å². The topological polar surface area (TPSA) is 43.9 Å². The molecule has 10 rings (SSSR count). The summed E-state index contributed by atoms with van der Waals surface area (Å²) in [6.45, 7) is 2.16. The number of hydrogen-bond acceptors (Lipinski definition) is 3. The van der Waals surface area contributed by atoms with Gasteiger partial charge in [-0.2, -0.15) is 0 Å². The normalized spacial score (nSPS) is 11.6. The van der Waals surface area contributed by atoms with E-state index in [1.807, 2.05) is 36.4 Å². The average molecular weight is 654 g/mol. The summed E-state index contributed by atoms with van der Waals surface area (Å²) < 4.78 is 9.07. The Morgan fingerprint density at radius 3 is 1.73 bits per heavy atom. The van der Waals surface area contributed by atoms with Crippen LogP contribution in [0.5, 0.6) is 0 Å². The molecule has 4 heteroatoms. The van der Waals surface area contributed by atoms with Gasteiger partial charge < -0.3 is 8.98 Å². The molecule has 0 atom stereocenters. The summed E-state index contributed by atoms with van der Waals surface area (Å²) in [5, 5.41) is 3.43. The van der Waals surface area contributed by atoms with E-state index in [2.05, 4.69) is 145 Å². The van der Waals surface area contributed by atoms with Gasteiger partial charge >= 0.3 is 0 Å². The Bertz CT molecular complexity index is 2840. The summed E-state index contributed by atoms with van der Waals surface area (Å²) in [4.78, 5) is 10.4. The summed E-state index contributed by atoms with van der Waals surface area (Å²) in [5.41, 5.74) is 14.0. The highest BCUT2D eigenvalue weighted by molar-refractivity contribution is 6.12. The van der Waals surface area contributed by atoms with Crippen molar-refractivity contribution in [2.24, 2.45) is 0 Å². The monoisotopic (exact) mass is 653 g/mol. The Balaban J connectivity index is 1.37. The first kappa shape index (κ1) is 29.2. The van der Waals surface area contributed by atoms with Gasteiger partial charge in [0.1, 0.15) is 16.8 Å². The van der Waals surface area contributed by atoms with Crippen LogP contribution in [0.3, 0.4) is 0 Å². The van der Waals surface area contributed by atoms with Crippen molar-refractivity contribution in [3.8, 4) is 50.6 Å². The van der Waals surface area contributed by atoms with Gasteiger partial charge in [0.15, 0.2) is 11.4 Å². The molecule has 3 heterocycles. The summed E-state index contributed by atoms with van der Waals surface area (Å²) in [7, 11) is 0. The van der Waals surface area contributed by atoms with E-state index >= 15 is 0 Å². The molecule has 0 N–H and O–H groups in total. The van der Waals surface area contributed by atoms with E-state index in [1.54, 1.807) is 0 Å². The molecule has 51 heavy (non-hydrogen) atoms. The van der Waals surface area contributed by atoms with Gasteiger partial charge in [-0.1, -0.05) is 133 Å². The molecule has 0 aliphatic carbocycles. The Labute approximate surface area is 294 Å². The number of para-hydroxylation sites is 2. The van der Waals surface area contributed by atoms with E-state index in [9.17, 15) is 0 Å². The predicted octanol–water partition coefficient (Wildman–Crippen LogP) is 12.4. The van der Waals surface area contributed by atoms with Crippen molar-refractivity contribution >= 4 is 43.9 Å². The maximum Gasteiger partial charge on any atom is 0.180 e. The van der Waals surface area contributed by atoms with Gasteiger partial charge in [0.25, 0.3) is 0 Å². The zero-order valence-electron chi connectivity index (χ0n) is 27.9. The van der Waals surface area contributed by atoms with Crippen LogP contribution in [0.4, 0.5) is 0 Å². The standard InChI is InChI=1S/C47H31N3O/c1-30-25-26-41-39(27-30)35-21-11-13-23-40(35)50(41)45-37(31-15-5-2-6-16-31)28-34(29-38(45)32-17-7-3-8-18-32)43-46-44(36-22-12-14-24-42(36)51-46)49-47(48-43)33-19-9-4-10-20-33/h2-29H,1H3. The molecule has 0 amide bonds. The van der Waals surface area contributed by atoms with Gasteiger partial charge in [0.05, 0.1) is 16.7 Å². The van der Waals surface area contributed by atoms with Crippen molar-refractivity contribution in [2.75, 3.05) is 0 Å². The molecule has 0 unspecified atom stereocenters. The summed E-state index contributed by atoms with van der Waals surface area (Å²) >= 11 is 0. The molecular formula is C47H31N3O. The lowest BCUT2D eigenvalue weighted by atomic mass is 9.91. The maximum absolute atomic E-state index is 6.62. The molecule has 7 aromatic carbocycles. The average Bonchev–Trinajstić information content (AvgIpc) is 3.73. The van der Waals surface area contributed by atoms with Crippen molar-refractivity contribution in [1.82, 2.24) is 14.5 Å². The van der Waals surface area contributed by atoms with Crippen molar-refractivity contribution in [1.29, 1.82) is 0 Å². The number of aromatic nitrogens is 3. The van der Waals surface area contributed by atoms with Crippen LogP contribution in [0.1, 0.15) is 5.56 Å². The second kappa shape index (κ2) is 11.7. The van der Waals surface area contributed by atoms with Crippen LogP contribution in [0, 0.1) is 6.92 Å². The number of aryl methyl sites for hydroxylation is 1. The molecule has 0 fully saturated rings. The highest BCUT2D eigenvalue weighted by atomic mass is 16.3. The Morgan fingerprint density at radius 2 is 1.04 bits per heavy atom. The SMILES string of the molecule is Cc1ccc2c(c1)c1ccccc1n2-c1c(-c2ccccc2)cc(-c2nc(-c3ccccc3)nc3c2oc2ccccc23)cc1-c1ccccc1. The molecule has 0 saturated heterocycles. The van der Waals surface area contributed by atoms with Crippen LogP contribution in [-0.2, 0) is 0 Å². The molecular weight excluding hydrogens is 623 g/mol. The Kier molecular flexibility index (Phi) is 6.68. The second-order valence-corrected chi connectivity index (χ2v) is 13.1. The lowest BCUT2D eigenvalue weighted by Gasteiger charge is -2.21. The van der Waals surface area contributed by atoms with Crippen LogP contribution < -0.4 is 0 Å². The fourth-order valence-electron chi connectivity index (χ4n) is 7.52. The highest BCUT2D eigenvalue weighted by Gasteiger charge is 2.24. The Morgan fingerprint density at radius 1 is 0.471 bits per heavy atom. The molecule has 3 aromatic heterocycles. The fraction of sp³-hybridized carbons (Fsp3) is 0.0213. The first-order chi connectivity index (χ1) is 25.2. The number of rotatable bonds is 5. The highest BCUT2D eigenvalue weighted by Crippen LogP contribution is 2.45. The minimum Gasteiger partial charge on any atom is -0.452 e. The minimum atomic E-state index is 0.661. The van der Waals surface area contributed by atoms with E-state index in [0.717, 1.165) is 72.3 Å². The van der Waals surface area contributed by atoms with Crippen LogP contribution in [0.2, 0.25) is 0 Å². The largest absolute Gasteiger partial charge is 0.452 e. The second-order valence-electron chi connectivity index (χ2n) is 13.1. The van der Waals surface area contributed by atoms with Gasteiger partial charge in [-0.3, -0.25) is 0 Å². The van der Waals surface area contributed by atoms with Gasteiger partial charge in [-0.25, -0.2) is 9.97 Å². The number of fused-ring (bicyclic) bond motifs is 6. The minimum absolute atomic E-state index is 0.661. The molecule has 0 aliphatic heterocycles. The fourth-order valence-corrected chi connectivity index (χ4v) is 7.52. The number of nitrogens with zero attached hydrogens (tertiary/aromatic N) is 3. The van der Waals surface area contributed by atoms with Crippen molar-refractivity contribution < 1.29 is 4.42 Å². The van der Waals surface area contributed by atoms with Gasteiger partial charge in [-0.05, 0) is 60.5 Å². The predicted molar refractivity (Wildman–Crippen MR) is 210 cm³/mol. The summed E-state index contributed by atoms with van der Waals surface area (Å²) in [6, 6.07) is 59.7. The number of furan rings is 1. The Hall–Kier alpha value is -6.78. The zero-order valence-corrected chi connectivity index (χ0v) is 27.9. The summed E-state index contributed by atoms with van der Waals surface area (Å²) in [5.74, 6) is 0.661. The van der Waals surface area contributed by atoms with Crippen LogP contribution in [0.15, 0.2) is 174 Å². The van der Waals surface area contributed by atoms with Gasteiger partial charge in [0.2, 0.25) is 0 Å². The molecule has 4 nitrogen and oxygen atoms in total. The van der Waals surface area contributed by atoms with Crippen molar-refractivity contribution in [2.45, 2.75) is 6.92 Å². The third kappa shape index (κ3) is 4.76. The molecule has 240 valence electrons. The van der Waals surface area contributed by atoms with Crippen LogP contribution in [0.25, 0.3) is 94.5 Å². The number of benzene rings is 7. The quantitative estimate of drug-likeness (QED) is 0.186. The maximum atomic E-state index is 6.62. The molecule has 0 aliphatic rings. The van der Waals surface area contributed by atoms with E-state index in [0.29, 0.717) is 11.4 Å². The summed E-state index contributed by atoms with van der Waals surface area (Å²) in [6.07, 6.45) is 0. The molecule has 0 spiro atoms.